The van der Waals surface area contributed by atoms with Crippen LogP contribution in [0.15, 0.2) is 29.3 Å². The predicted molar refractivity (Wildman–Crippen MR) is 136 cm³/mol. The molecule has 1 aromatic rings. The molecule has 170 valence electrons. The Morgan fingerprint density at radius 1 is 1.07 bits per heavy atom. The molecule has 2 aliphatic heterocycles. The van der Waals surface area contributed by atoms with E-state index in [0.29, 0.717) is 0 Å². The number of likely N-dealkylation sites (tertiary alicyclic amines) is 1. The first-order valence-electron chi connectivity index (χ1n) is 11.3. The Morgan fingerprint density at radius 3 is 2.50 bits per heavy atom. The topological polar surface area (TPSA) is 52.1 Å². The van der Waals surface area contributed by atoms with Gasteiger partial charge in [0, 0.05) is 52.4 Å². The van der Waals surface area contributed by atoms with Crippen molar-refractivity contribution < 1.29 is 4.74 Å². The summed E-state index contributed by atoms with van der Waals surface area (Å²) >= 11 is 0. The number of guanidine groups is 1. The molecule has 30 heavy (non-hydrogen) atoms. The molecule has 2 fully saturated rings. The second kappa shape index (κ2) is 14.2. The molecule has 2 N–H and O–H groups in total. The van der Waals surface area contributed by atoms with Crippen molar-refractivity contribution >= 4 is 29.9 Å². The number of halogens is 1. The van der Waals surface area contributed by atoms with Crippen LogP contribution in [0, 0.1) is 0 Å². The molecule has 0 aliphatic carbocycles. The molecule has 3 rings (SSSR count). The second-order valence-corrected chi connectivity index (χ2v) is 8.29. The van der Waals surface area contributed by atoms with Gasteiger partial charge in [-0.1, -0.05) is 30.7 Å². The van der Waals surface area contributed by atoms with E-state index in [-0.39, 0.29) is 24.0 Å². The molecule has 0 aromatic heterocycles. The highest BCUT2D eigenvalue weighted by Gasteiger charge is 2.17. The van der Waals surface area contributed by atoms with Crippen LogP contribution in [0.5, 0.6) is 0 Å². The number of nitrogens with zero attached hydrogens (tertiary/aromatic N) is 3. The van der Waals surface area contributed by atoms with Gasteiger partial charge in [0.25, 0.3) is 0 Å². The predicted octanol–water partition coefficient (Wildman–Crippen LogP) is 3.07. The fraction of sp³-hybridized carbons (Fsp3) is 0.696. The zero-order valence-corrected chi connectivity index (χ0v) is 21.1. The number of aliphatic imine (C=N–C) groups is 1. The van der Waals surface area contributed by atoms with E-state index < -0.39 is 0 Å². The molecule has 0 radical (unpaired) electrons. The maximum atomic E-state index is 5.42. The van der Waals surface area contributed by atoms with E-state index in [1.807, 2.05) is 7.05 Å². The Labute approximate surface area is 199 Å². The van der Waals surface area contributed by atoms with Gasteiger partial charge in [0.15, 0.2) is 5.96 Å². The third-order valence-electron chi connectivity index (χ3n) is 6.07. The van der Waals surface area contributed by atoms with Gasteiger partial charge in [-0.15, -0.1) is 24.0 Å². The number of morpholine rings is 1. The molecule has 2 saturated heterocycles. The smallest absolute Gasteiger partial charge is 0.191 e. The summed E-state index contributed by atoms with van der Waals surface area (Å²) < 4.78 is 5.42. The van der Waals surface area contributed by atoms with Crippen LogP contribution in [-0.4, -0.2) is 74.8 Å². The molecule has 2 heterocycles. The van der Waals surface area contributed by atoms with Gasteiger partial charge in [-0.25, -0.2) is 0 Å². The minimum atomic E-state index is 0. The number of hydrogen-bond donors (Lipinski definition) is 2. The van der Waals surface area contributed by atoms with E-state index in [4.69, 9.17) is 4.74 Å². The van der Waals surface area contributed by atoms with Gasteiger partial charge in [0.2, 0.25) is 0 Å². The molecular weight excluding hydrogens is 489 g/mol. The Hall–Kier alpha value is -0.900. The van der Waals surface area contributed by atoms with Gasteiger partial charge >= 0.3 is 0 Å². The van der Waals surface area contributed by atoms with Gasteiger partial charge in [0.1, 0.15) is 0 Å². The summed E-state index contributed by atoms with van der Waals surface area (Å²) in [6, 6.07) is 9.65. The molecular formula is C23H40IN5O. The molecule has 0 amide bonds. The summed E-state index contributed by atoms with van der Waals surface area (Å²) in [5.41, 5.74) is 2.64. The van der Waals surface area contributed by atoms with Crippen molar-refractivity contribution in [3.8, 4) is 0 Å². The lowest BCUT2D eigenvalue weighted by molar-refractivity contribution is 0.0342. The van der Waals surface area contributed by atoms with E-state index in [9.17, 15) is 0 Å². The number of benzene rings is 1. The van der Waals surface area contributed by atoms with Crippen molar-refractivity contribution in [1.82, 2.24) is 20.4 Å². The highest BCUT2D eigenvalue weighted by Crippen LogP contribution is 2.16. The summed E-state index contributed by atoms with van der Waals surface area (Å²) in [5, 5.41) is 6.89. The van der Waals surface area contributed by atoms with Gasteiger partial charge in [-0.3, -0.25) is 9.89 Å². The van der Waals surface area contributed by atoms with Crippen LogP contribution >= 0.6 is 24.0 Å². The number of rotatable bonds is 8. The summed E-state index contributed by atoms with van der Waals surface area (Å²) in [4.78, 5) is 9.44. The average Bonchev–Trinajstić information content (AvgIpc) is 2.76. The van der Waals surface area contributed by atoms with E-state index in [1.165, 1.54) is 43.5 Å². The quantitative estimate of drug-likeness (QED) is 0.235. The van der Waals surface area contributed by atoms with E-state index in [2.05, 4.69) is 56.6 Å². The van der Waals surface area contributed by atoms with Crippen LogP contribution < -0.4 is 10.6 Å². The molecule has 0 spiro atoms. The normalized spacial score (nSPS) is 21.1. The Kier molecular flexibility index (Phi) is 12.0. The molecule has 6 nitrogen and oxygen atoms in total. The summed E-state index contributed by atoms with van der Waals surface area (Å²) in [6.45, 7) is 11.3. The van der Waals surface area contributed by atoms with Crippen molar-refractivity contribution in [2.45, 2.75) is 51.7 Å². The van der Waals surface area contributed by atoms with Crippen molar-refractivity contribution in [2.24, 2.45) is 4.99 Å². The van der Waals surface area contributed by atoms with Crippen LogP contribution in [-0.2, 0) is 17.8 Å². The zero-order valence-electron chi connectivity index (χ0n) is 18.7. The highest BCUT2D eigenvalue weighted by atomic mass is 127. The van der Waals surface area contributed by atoms with E-state index >= 15 is 0 Å². The summed E-state index contributed by atoms with van der Waals surface area (Å²) in [7, 11) is 1.84. The first-order valence-corrected chi connectivity index (χ1v) is 11.3. The standard InChI is InChI=1S/C23H39N5O.HI/c1-20-6-3-4-12-28(20)13-5-11-25-23(24-2)26-18-21-7-9-22(10-8-21)19-27-14-16-29-17-15-27;/h7-10,20H,3-6,11-19H2,1-2H3,(H2,24,25,26);1H. The monoisotopic (exact) mass is 529 g/mol. The van der Waals surface area contributed by atoms with Crippen LogP contribution in [0.2, 0.25) is 0 Å². The first-order chi connectivity index (χ1) is 14.2. The van der Waals surface area contributed by atoms with Crippen molar-refractivity contribution in [3.05, 3.63) is 35.4 Å². The summed E-state index contributed by atoms with van der Waals surface area (Å²) in [5.74, 6) is 0.883. The molecule has 1 unspecified atom stereocenters. The zero-order chi connectivity index (χ0) is 20.3. The fourth-order valence-corrected chi connectivity index (χ4v) is 4.17. The largest absolute Gasteiger partial charge is 0.379 e. The SMILES string of the molecule is CN=C(NCCCN1CCCCC1C)NCc1ccc(CN2CCOCC2)cc1.I. The van der Waals surface area contributed by atoms with Gasteiger partial charge in [0.05, 0.1) is 13.2 Å². The minimum Gasteiger partial charge on any atom is -0.379 e. The lowest BCUT2D eigenvalue weighted by atomic mass is 10.0. The van der Waals surface area contributed by atoms with Crippen molar-refractivity contribution in [2.75, 3.05) is 53.0 Å². The lowest BCUT2D eigenvalue weighted by Gasteiger charge is -2.33. The number of hydrogen-bond acceptors (Lipinski definition) is 4. The number of piperidine rings is 1. The highest BCUT2D eigenvalue weighted by molar-refractivity contribution is 14.0. The van der Waals surface area contributed by atoms with Crippen molar-refractivity contribution in [3.63, 3.8) is 0 Å². The van der Waals surface area contributed by atoms with Crippen LogP contribution in [0.25, 0.3) is 0 Å². The Bertz CT molecular complexity index is 619. The van der Waals surface area contributed by atoms with E-state index in [1.54, 1.807) is 0 Å². The van der Waals surface area contributed by atoms with Crippen LogP contribution in [0.3, 0.4) is 0 Å². The number of nitrogens with one attached hydrogen (secondary N) is 2. The molecule has 7 heteroatoms. The molecule has 0 bridgehead atoms. The third-order valence-corrected chi connectivity index (χ3v) is 6.07. The second-order valence-electron chi connectivity index (χ2n) is 8.29. The maximum absolute atomic E-state index is 5.42. The maximum Gasteiger partial charge on any atom is 0.191 e. The molecule has 1 aromatic carbocycles. The van der Waals surface area contributed by atoms with Gasteiger partial charge < -0.3 is 20.3 Å². The Balaban J connectivity index is 0.00000320. The average molecular weight is 530 g/mol. The molecule has 2 aliphatic rings. The van der Waals surface area contributed by atoms with Crippen LogP contribution in [0.1, 0.15) is 43.7 Å². The molecule has 1 atom stereocenters. The number of ether oxygens (including phenoxy) is 1. The third kappa shape index (κ3) is 8.69. The van der Waals surface area contributed by atoms with Gasteiger partial charge in [-0.2, -0.15) is 0 Å². The van der Waals surface area contributed by atoms with Crippen molar-refractivity contribution in [1.29, 1.82) is 0 Å². The van der Waals surface area contributed by atoms with E-state index in [0.717, 1.165) is 64.4 Å². The lowest BCUT2D eigenvalue weighted by Crippen LogP contribution is -2.41. The summed E-state index contributed by atoms with van der Waals surface area (Å²) in [6.07, 6.45) is 5.25. The molecule has 0 saturated carbocycles. The van der Waals surface area contributed by atoms with Crippen LogP contribution in [0.4, 0.5) is 0 Å². The Morgan fingerprint density at radius 2 is 1.80 bits per heavy atom. The fourth-order valence-electron chi connectivity index (χ4n) is 4.17. The van der Waals surface area contributed by atoms with Gasteiger partial charge in [-0.05, 0) is 43.9 Å². The minimum absolute atomic E-state index is 0. The first kappa shape index (κ1) is 25.4.